The van der Waals surface area contributed by atoms with Gasteiger partial charge in [0.05, 0.1) is 14.1 Å². The van der Waals surface area contributed by atoms with E-state index in [0.717, 1.165) is 6.54 Å². The molecule has 2 N–H and O–H groups in total. The lowest BCUT2D eigenvalue weighted by molar-refractivity contribution is -0.861. The Balaban J connectivity index is 0. The molecule has 0 bridgehead atoms. The highest BCUT2D eigenvalue weighted by Gasteiger charge is 1.97. The summed E-state index contributed by atoms with van der Waals surface area (Å²) in [5.74, 6) is 0. The van der Waals surface area contributed by atoms with Gasteiger partial charge in [-0.3, -0.25) is 0 Å². The van der Waals surface area contributed by atoms with Crippen molar-refractivity contribution in [2.45, 2.75) is 13.0 Å². The molecule has 0 amide bonds. The summed E-state index contributed by atoms with van der Waals surface area (Å²) < 4.78 is 0. The minimum atomic E-state index is -0.162. The van der Waals surface area contributed by atoms with E-state index in [4.69, 9.17) is 5.11 Å². The second kappa shape index (κ2) is 5.78. The topological polar surface area (TPSA) is 24.7 Å². The third-order valence-corrected chi connectivity index (χ3v) is 0.704. The number of aliphatic hydroxyl groups is 1. The zero-order valence-corrected chi connectivity index (χ0v) is 7.77. The Morgan fingerprint density at radius 1 is 1.50 bits per heavy atom. The number of rotatable bonds is 2. The summed E-state index contributed by atoms with van der Waals surface area (Å²) in [6, 6.07) is 0. The van der Waals surface area contributed by atoms with Crippen LogP contribution in [-0.2, 0) is 0 Å². The number of nitrogens with one attached hydrogen (secondary N) is 1. The van der Waals surface area contributed by atoms with Crippen molar-refractivity contribution in [3.63, 3.8) is 0 Å². The van der Waals surface area contributed by atoms with Gasteiger partial charge in [0.15, 0.2) is 0 Å². The van der Waals surface area contributed by atoms with Crippen LogP contribution >= 0.6 is 0 Å². The van der Waals surface area contributed by atoms with Crippen molar-refractivity contribution in [2.75, 3.05) is 20.6 Å². The normalized spacial score (nSPS) is 13.1. The predicted molar refractivity (Wildman–Crippen MR) is 29.4 cm³/mol. The first-order valence-electron chi connectivity index (χ1n) is 2.60. The van der Waals surface area contributed by atoms with Crippen LogP contribution in [0.5, 0.6) is 0 Å². The van der Waals surface area contributed by atoms with Crippen LogP contribution in [-0.4, -0.2) is 31.9 Å². The molecule has 0 aliphatic rings. The van der Waals surface area contributed by atoms with Crippen LogP contribution < -0.4 is 28.9 Å². The first-order valence-corrected chi connectivity index (χ1v) is 2.60. The van der Waals surface area contributed by atoms with Crippen LogP contribution in [0, 0.1) is 0 Å². The molecule has 0 rings (SSSR count). The van der Waals surface area contributed by atoms with Crippen LogP contribution in [0.1, 0.15) is 6.92 Å². The third kappa shape index (κ3) is 9.82. The van der Waals surface area contributed by atoms with Gasteiger partial charge in [0.1, 0.15) is 12.6 Å². The molecule has 0 aliphatic carbocycles. The largest absolute Gasteiger partial charge is 1.00 e. The average molecular weight is 231 g/mol. The zero-order chi connectivity index (χ0) is 5.86. The number of hydrogen-bond donors (Lipinski definition) is 2. The standard InChI is InChI=1S/C5H13NO.HI/c1-5(7)4-6(2)3;/h5,7H,4H2,1-3H3;1H. The maximum atomic E-state index is 8.70. The molecule has 0 radical (unpaired) electrons. The van der Waals surface area contributed by atoms with Crippen molar-refractivity contribution in [3.8, 4) is 0 Å². The minimum Gasteiger partial charge on any atom is -1.00 e. The second-order valence-electron chi connectivity index (χ2n) is 2.26. The summed E-state index contributed by atoms with van der Waals surface area (Å²) in [7, 11) is 4.04. The van der Waals surface area contributed by atoms with Gasteiger partial charge in [0.25, 0.3) is 0 Å². The Hall–Kier alpha value is 0.650. The van der Waals surface area contributed by atoms with Crippen molar-refractivity contribution >= 4 is 0 Å². The molecule has 1 atom stereocenters. The van der Waals surface area contributed by atoms with Gasteiger partial charge in [-0.25, -0.2) is 0 Å². The van der Waals surface area contributed by atoms with Crippen molar-refractivity contribution < 1.29 is 34.0 Å². The molecule has 0 heterocycles. The summed E-state index contributed by atoms with van der Waals surface area (Å²) >= 11 is 0. The number of aliphatic hydroxyl groups excluding tert-OH is 1. The Labute approximate surface area is 67.9 Å². The molecule has 0 aliphatic heterocycles. The highest BCUT2D eigenvalue weighted by atomic mass is 127. The summed E-state index contributed by atoms with van der Waals surface area (Å²) in [4.78, 5) is 1.29. The van der Waals surface area contributed by atoms with Crippen molar-refractivity contribution in [1.29, 1.82) is 0 Å². The molecule has 1 unspecified atom stereocenters. The van der Waals surface area contributed by atoms with E-state index in [1.807, 2.05) is 14.1 Å². The summed E-state index contributed by atoms with van der Waals surface area (Å²) in [6.07, 6.45) is -0.162. The lowest BCUT2D eigenvalue weighted by Gasteiger charge is -2.07. The quantitative estimate of drug-likeness (QED) is 0.460. The van der Waals surface area contributed by atoms with Gasteiger partial charge in [-0.05, 0) is 6.92 Å². The van der Waals surface area contributed by atoms with Gasteiger partial charge >= 0.3 is 0 Å². The van der Waals surface area contributed by atoms with Crippen LogP contribution in [0.4, 0.5) is 0 Å². The molecule has 8 heavy (non-hydrogen) atoms. The third-order valence-electron chi connectivity index (χ3n) is 0.704. The fourth-order valence-electron chi connectivity index (χ4n) is 0.591. The molecule has 0 spiro atoms. The number of hydrogen-bond acceptors (Lipinski definition) is 1. The summed E-state index contributed by atoms with van der Waals surface area (Å²) in [6.45, 7) is 2.63. The van der Waals surface area contributed by atoms with Crippen LogP contribution in [0.3, 0.4) is 0 Å². The molecular weight excluding hydrogens is 217 g/mol. The Morgan fingerprint density at radius 3 is 1.88 bits per heavy atom. The molecular formula is C5H14INO. The van der Waals surface area contributed by atoms with E-state index in [1.165, 1.54) is 4.90 Å². The number of likely N-dealkylation sites (N-methyl/N-ethyl adjacent to an activating group) is 1. The van der Waals surface area contributed by atoms with Crippen LogP contribution in [0.2, 0.25) is 0 Å². The van der Waals surface area contributed by atoms with E-state index in [2.05, 4.69) is 0 Å². The number of halogens is 1. The summed E-state index contributed by atoms with van der Waals surface area (Å²) in [5, 5.41) is 8.70. The monoisotopic (exact) mass is 231 g/mol. The molecule has 0 aromatic carbocycles. The number of quaternary nitrogens is 1. The minimum absolute atomic E-state index is 0. The first-order chi connectivity index (χ1) is 3.13. The van der Waals surface area contributed by atoms with Gasteiger partial charge in [-0.1, -0.05) is 0 Å². The van der Waals surface area contributed by atoms with Gasteiger partial charge < -0.3 is 34.0 Å². The van der Waals surface area contributed by atoms with Gasteiger partial charge in [0, 0.05) is 0 Å². The lowest BCUT2D eigenvalue weighted by Crippen LogP contribution is -3.06. The second-order valence-corrected chi connectivity index (χ2v) is 2.26. The molecule has 0 saturated heterocycles. The Kier molecular flexibility index (Phi) is 8.27. The van der Waals surface area contributed by atoms with Crippen LogP contribution in [0.25, 0.3) is 0 Å². The molecule has 3 heteroatoms. The van der Waals surface area contributed by atoms with Gasteiger partial charge in [0.2, 0.25) is 0 Å². The molecule has 0 saturated carbocycles. The highest BCUT2D eigenvalue weighted by Crippen LogP contribution is 1.66. The zero-order valence-electron chi connectivity index (χ0n) is 5.61. The van der Waals surface area contributed by atoms with E-state index in [0.29, 0.717) is 0 Å². The van der Waals surface area contributed by atoms with E-state index in [1.54, 1.807) is 6.92 Å². The fraction of sp³-hybridized carbons (Fsp3) is 1.00. The fourth-order valence-corrected chi connectivity index (χ4v) is 0.591. The SMILES string of the molecule is CC(O)C[NH+](C)C.[I-]. The van der Waals surface area contributed by atoms with Gasteiger partial charge in [-0.2, -0.15) is 0 Å². The highest BCUT2D eigenvalue weighted by molar-refractivity contribution is 4.35. The predicted octanol–water partition coefficient (Wildman–Crippen LogP) is -4.48. The smallest absolute Gasteiger partial charge is 0.103 e. The molecule has 2 nitrogen and oxygen atoms in total. The molecule has 0 aromatic heterocycles. The van der Waals surface area contributed by atoms with Crippen LogP contribution in [0.15, 0.2) is 0 Å². The first kappa shape index (κ1) is 11.4. The lowest BCUT2D eigenvalue weighted by atomic mass is 10.4. The molecule has 0 fully saturated rings. The van der Waals surface area contributed by atoms with E-state index < -0.39 is 0 Å². The summed E-state index contributed by atoms with van der Waals surface area (Å²) in [5.41, 5.74) is 0. The van der Waals surface area contributed by atoms with Gasteiger partial charge in [-0.15, -0.1) is 0 Å². The Morgan fingerprint density at radius 2 is 1.88 bits per heavy atom. The average Bonchev–Trinajstić information content (AvgIpc) is 1.27. The van der Waals surface area contributed by atoms with E-state index >= 15 is 0 Å². The van der Waals surface area contributed by atoms with Crippen molar-refractivity contribution in [1.82, 2.24) is 0 Å². The Bertz CT molecular complexity index is 41.7. The molecule has 52 valence electrons. The van der Waals surface area contributed by atoms with Crippen molar-refractivity contribution in [2.24, 2.45) is 0 Å². The maximum Gasteiger partial charge on any atom is 0.103 e. The molecule has 0 aromatic rings. The van der Waals surface area contributed by atoms with E-state index in [-0.39, 0.29) is 30.1 Å². The van der Waals surface area contributed by atoms with Crippen molar-refractivity contribution in [3.05, 3.63) is 0 Å². The maximum absolute atomic E-state index is 8.70. The van der Waals surface area contributed by atoms with E-state index in [9.17, 15) is 0 Å².